The Kier molecular flexibility index (Phi) is 5.72. The van der Waals surface area contributed by atoms with Crippen LogP contribution < -0.4 is 10.2 Å². The van der Waals surface area contributed by atoms with Crippen molar-refractivity contribution < 1.29 is 0 Å². The first kappa shape index (κ1) is 22.1. The first-order valence-corrected chi connectivity index (χ1v) is 12.2. The van der Waals surface area contributed by atoms with Gasteiger partial charge in [-0.3, -0.25) is 4.40 Å². The van der Waals surface area contributed by atoms with Gasteiger partial charge >= 0.3 is 0 Å². The summed E-state index contributed by atoms with van der Waals surface area (Å²) in [5.41, 5.74) is 5.05. The van der Waals surface area contributed by atoms with Crippen LogP contribution in [-0.2, 0) is 6.42 Å². The SMILES string of the molecule is CCc1cnc(N2CCC(c3ncn4c(Nc5ccc(-n6cncn6)nc5C)nccc34)CC2)nc1. The molecule has 0 bridgehead atoms. The molecule has 5 aromatic rings. The predicted octanol–water partition coefficient (Wildman–Crippen LogP) is 3.49. The molecule has 11 heteroatoms. The minimum atomic E-state index is 0.377. The molecule has 5 aromatic heterocycles. The zero-order valence-electron chi connectivity index (χ0n) is 20.3. The van der Waals surface area contributed by atoms with Gasteiger partial charge in [0.1, 0.15) is 19.0 Å². The topological polar surface area (TPSA) is 115 Å². The summed E-state index contributed by atoms with van der Waals surface area (Å²) in [6.45, 7) is 5.89. The van der Waals surface area contributed by atoms with E-state index in [1.807, 2.05) is 54.4 Å². The van der Waals surface area contributed by atoms with Crippen LogP contribution in [0, 0.1) is 6.92 Å². The van der Waals surface area contributed by atoms with Crippen LogP contribution >= 0.6 is 0 Å². The van der Waals surface area contributed by atoms with E-state index in [1.54, 1.807) is 11.0 Å². The quantitative estimate of drug-likeness (QED) is 0.389. The van der Waals surface area contributed by atoms with Crippen molar-refractivity contribution in [1.82, 2.24) is 44.1 Å². The molecule has 1 aliphatic rings. The maximum atomic E-state index is 4.81. The standard InChI is InChI=1S/C25H27N11/c1-3-18-12-28-24(29-13-18)34-10-7-19(8-11-34)23-21-6-9-27-25(35(21)16-30-23)33-20-4-5-22(32-17(20)2)36-15-26-14-31-36/h4-6,9,12-16,19H,3,7-8,10-11H2,1-2H3,(H,27,33). The molecule has 1 fully saturated rings. The lowest BCUT2D eigenvalue weighted by Crippen LogP contribution is -2.34. The maximum Gasteiger partial charge on any atom is 0.225 e. The number of fused-ring (bicyclic) bond motifs is 1. The molecular weight excluding hydrogens is 454 g/mol. The van der Waals surface area contributed by atoms with Crippen molar-refractivity contribution >= 4 is 23.1 Å². The Balaban J connectivity index is 1.19. The molecule has 0 amide bonds. The van der Waals surface area contributed by atoms with E-state index >= 15 is 0 Å². The van der Waals surface area contributed by atoms with Gasteiger partial charge in [0.2, 0.25) is 11.9 Å². The van der Waals surface area contributed by atoms with E-state index in [0.717, 1.165) is 66.5 Å². The number of rotatable bonds is 6. The Morgan fingerprint density at radius 1 is 1.00 bits per heavy atom. The summed E-state index contributed by atoms with van der Waals surface area (Å²) < 4.78 is 3.65. The summed E-state index contributed by atoms with van der Waals surface area (Å²) >= 11 is 0. The fourth-order valence-electron chi connectivity index (χ4n) is 4.66. The lowest BCUT2D eigenvalue weighted by atomic mass is 9.93. The van der Waals surface area contributed by atoms with Crippen molar-refractivity contribution in [2.45, 2.75) is 39.0 Å². The van der Waals surface area contributed by atoms with Crippen molar-refractivity contribution in [3.63, 3.8) is 0 Å². The fraction of sp³-hybridized carbons (Fsp3) is 0.320. The van der Waals surface area contributed by atoms with Gasteiger partial charge in [-0.2, -0.15) is 5.10 Å². The van der Waals surface area contributed by atoms with E-state index in [9.17, 15) is 0 Å². The molecule has 182 valence electrons. The molecule has 0 atom stereocenters. The number of anilines is 3. The predicted molar refractivity (Wildman–Crippen MR) is 136 cm³/mol. The third-order valence-corrected chi connectivity index (χ3v) is 6.73. The number of imidazole rings is 1. The van der Waals surface area contributed by atoms with Crippen LogP contribution in [-0.4, -0.2) is 57.2 Å². The Labute approximate surface area is 208 Å². The molecule has 1 aliphatic heterocycles. The number of piperidine rings is 1. The van der Waals surface area contributed by atoms with Gasteiger partial charge in [0.15, 0.2) is 5.82 Å². The second-order valence-corrected chi connectivity index (χ2v) is 8.93. The summed E-state index contributed by atoms with van der Waals surface area (Å²) in [6.07, 6.45) is 13.6. The summed E-state index contributed by atoms with van der Waals surface area (Å²) in [5, 5.41) is 7.57. The molecule has 0 aromatic carbocycles. The highest BCUT2D eigenvalue weighted by Gasteiger charge is 2.25. The summed E-state index contributed by atoms with van der Waals surface area (Å²) in [7, 11) is 0. The van der Waals surface area contributed by atoms with Crippen LogP contribution in [0.5, 0.6) is 0 Å². The van der Waals surface area contributed by atoms with Crippen LogP contribution in [0.15, 0.2) is 55.8 Å². The van der Waals surface area contributed by atoms with E-state index in [4.69, 9.17) is 4.98 Å². The number of hydrogen-bond donors (Lipinski definition) is 1. The van der Waals surface area contributed by atoms with Crippen molar-refractivity contribution in [2.75, 3.05) is 23.3 Å². The van der Waals surface area contributed by atoms with Gasteiger partial charge in [-0.1, -0.05) is 6.92 Å². The molecule has 0 saturated carbocycles. The number of hydrogen-bond acceptors (Lipinski definition) is 9. The van der Waals surface area contributed by atoms with E-state index in [-0.39, 0.29) is 0 Å². The van der Waals surface area contributed by atoms with E-state index in [2.05, 4.69) is 47.2 Å². The highest BCUT2D eigenvalue weighted by molar-refractivity contribution is 5.63. The van der Waals surface area contributed by atoms with E-state index < -0.39 is 0 Å². The third kappa shape index (κ3) is 4.12. The molecule has 11 nitrogen and oxygen atoms in total. The average Bonchev–Trinajstić information content (AvgIpc) is 3.61. The summed E-state index contributed by atoms with van der Waals surface area (Å²) in [6, 6.07) is 5.91. The highest BCUT2D eigenvalue weighted by Crippen LogP contribution is 2.32. The second kappa shape index (κ2) is 9.33. The third-order valence-electron chi connectivity index (χ3n) is 6.73. The largest absolute Gasteiger partial charge is 0.341 e. The second-order valence-electron chi connectivity index (χ2n) is 8.93. The number of aromatic nitrogens is 9. The summed E-state index contributed by atoms with van der Waals surface area (Å²) in [5.74, 6) is 2.60. The number of nitrogens with one attached hydrogen (secondary N) is 1. The van der Waals surface area contributed by atoms with Crippen molar-refractivity contribution in [3.8, 4) is 5.82 Å². The molecule has 0 unspecified atom stereocenters. The molecule has 0 radical (unpaired) electrons. The molecule has 0 aliphatic carbocycles. The summed E-state index contributed by atoms with van der Waals surface area (Å²) in [4.78, 5) is 29.4. The number of nitrogens with zero attached hydrogens (tertiary/aromatic N) is 10. The first-order chi connectivity index (χ1) is 17.7. The maximum absolute atomic E-state index is 4.81. The zero-order valence-corrected chi connectivity index (χ0v) is 20.3. The van der Waals surface area contributed by atoms with Gasteiger partial charge in [0.25, 0.3) is 0 Å². The van der Waals surface area contributed by atoms with E-state index in [1.165, 1.54) is 6.33 Å². The zero-order chi connectivity index (χ0) is 24.5. The van der Waals surface area contributed by atoms with Gasteiger partial charge in [-0.05, 0) is 49.9 Å². The average molecular weight is 482 g/mol. The fourth-order valence-corrected chi connectivity index (χ4v) is 4.66. The Bertz CT molecular complexity index is 1470. The molecule has 6 rings (SSSR count). The molecule has 1 saturated heterocycles. The number of pyridine rings is 1. The molecule has 6 heterocycles. The van der Waals surface area contributed by atoms with Gasteiger partial charge in [0.05, 0.1) is 22.6 Å². The first-order valence-electron chi connectivity index (χ1n) is 12.2. The van der Waals surface area contributed by atoms with Gasteiger partial charge in [0, 0.05) is 37.6 Å². The Morgan fingerprint density at radius 2 is 1.83 bits per heavy atom. The minimum absolute atomic E-state index is 0.377. The van der Waals surface area contributed by atoms with Gasteiger partial charge in [-0.25, -0.2) is 34.6 Å². The van der Waals surface area contributed by atoms with Crippen molar-refractivity contribution in [2.24, 2.45) is 0 Å². The molecule has 36 heavy (non-hydrogen) atoms. The van der Waals surface area contributed by atoms with Crippen LogP contribution in [0.1, 0.15) is 42.6 Å². The normalized spacial score (nSPS) is 14.4. The van der Waals surface area contributed by atoms with Crippen LogP contribution in [0.4, 0.5) is 17.6 Å². The van der Waals surface area contributed by atoms with Gasteiger partial charge < -0.3 is 10.2 Å². The lowest BCUT2D eigenvalue weighted by molar-refractivity contribution is 0.494. The van der Waals surface area contributed by atoms with Crippen molar-refractivity contribution in [1.29, 1.82) is 0 Å². The van der Waals surface area contributed by atoms with Gasteiger partial charge in [-0.15, -0.1) is 0 Å². The van der Waals surface area contributed by atoms with Crippen LogP contribution in [0.2, 0.25) is 0 Å². The molecule has 1 N–H and O–H groups in total. The van der Waals surface area contributed by atoms with Crippen molar-refractivity contribution in [3.05, 3.63) is 72.7 Å². The van der Waals surface area contributed by atoms with Crippen LogP contribution in [0.3, 0.4) is 0 Å². The minimum Gasteiger partial charge on any atom is -0.341 e. The smallest absolute Gasteiger partial charge is 0.225 e. The van der Waals surface area contributed by atoms with Crippen LogP contribution in [0.25, 0.3) is 11.3 Å². The monoisotopic (exact) mass is 481 g/mol. The Morgan fingerprint density at radius 3 is 2.56 bits per heavy atom. The number of aryl methyl sites for hydroxylation is 2. The molecule has 0 spiro atoms. The molecular formula is C25H27N11. The van der Waals surface area contributed by atoms with E-state index in [0.29, 0.717) is 17.7 Å². The lowest BCUT2D eigenvalue weighted by Gasteiger charge is -2.31. The Hall–Kier alpha value is -4.41. The highest BCUT2D eigenvalue weighted by atomic mass is 15.3.